The molecule has 2 fully saturated rings. The molecule has 120 valence electrons. The first kappa shape index (κ1) is 18.7. The van der Waals surface area contributed by atoms with Gasteiger partial charge in [0.25, 0.3) is 0 Å². The Bertz CT molecular complexity index is 446. The summed E-state index contributed by atoms with van der Waals surface area (Å²) in [5.74, 6) is 0.649. The Hall–Kier alpha value is -0.350. The standard InChI is InChI=1S/C16H23FN2.2ClH/c1-12-11-14(17)5-6-15(12)16(13-3-2-4-13)19-9-7-18-8-10-19;;/h5-6,11,13,16,18H,2-4,7-10H2,1H3;2*1H/t16-;;/m1../s1. The summed E-state index contributed by atoms with van der Waals surface area (Å²) in [4.78, 5) is 2.60. The quantitative estimate of drug-likeness (QED) is 0.906. The van der Waals surface area contributed by atoms with Gasteiger partial charge in [0.2, 0.25) is 0 Å². The van der Waals surface area contributed by atoms with Crippen molar-refractivity contribution in [3.8, 4) is 0 Å². The van der Waals surface area contributed by atoms with Gasteiger partial charge >= 0.3 is 0 Å². The summed E-state index contributed by atoms with van der Waals surface area (Å²) in [6.07, 6.45) is 4.00. The summed E-state index contributed by atoms with van der Waals surface area (Å²) in [6.45, 7) is 6.41. The third kappa shape index (κ3) is 4.10. The average molecular weight is 335 g/mol. The van der Waals surface area contributed by atoms with Gasteiger partial charge in [-0.3, -0.25) is 4.90 Å². The largest absolute Gasteiger partial charge is 0.314 e. The number of halogens is 3. The molecule has 1 saturated heterocycles. The van der Waals surface area contributed by atoms with Gasteiger partial charge in [-0.1, -0.05) is 12.5 Å². The van der Waals surface area contributed by atoms with Gasteiger partial charge in [0.1, 0.15) is 5.82 Å². The maximum Gasteiger partial charge on any atom is 0.123 e. The molecule has 1 atom stereocenters. The molecule has 0 spiro atoms. The number of nitrogens with one attached hydrogen (secondary N) is 1. The molecule has 1 aliphatic heterocycles. The van der Waals surface area contributed by atoms with Crippen molar-refractivity contribution in [2.24, 2.45) is 5.92 Å². The predicted octanol–water partition coefficient (Wildman–Crippen LogP) is 3.72. The topological polar surface area (TPSA) is 15.3 Å². The minimum absolute atomic E-state index is 0. The molecule has 1 aromatic rings. The Labute approximate surface area is 139 Å². The van der Waals surface area contributed by atoms with Gasteiger partial charge in [0.05, 0.1) is 0 Å². The van der Waals surface area contributed by atoms with Crippen LogP contribution >= 0.6 is 24.8 Å². The van der Waals surface area contributed by atoms with Gasteiger partial charge < -0.3 is 5.32 Å². The minimum Gasteiger partial charge on any atom is -0.314 e. The number of hydrogen-bond donors (Lipinski definition) is 1. The Kier molecular flexibility index (Phi) is 7.41. The second kappa shape index (κ2) is 8.33. The van der Waals surface area contributed by atoms with Gasteiger partial charge in [-0.05, 0) is 48.9 Å². The summed E-state index contributed by atoms with van der Waals surface area (Å²) >= 11 is 0. The highest BCUT2D eigenvalue weighted by molar-refractivity contribution is 5.85. The molecule has 0 unspecified atom stereocenters. The van der Waals surface area contributed by atoms with Crippen molar-refractivity contribution in [3.05, 3.63) is 35.1 Å². The van der Waals surface area contributed by atoms with Crippen LogP contribution < -0.4 is 5.32 Å². The van der Waals surface area contributed by atoms with Gasteiger partial charge in [-0.2, -0.15) is 0 Å². The van der Waals surface area contributed by atoms with E-state index in [1.54, 1.807) is 12.1 Å². The fourth-order valence-corrected chi connectivity index (χ4v) is 3.44. The van der Waals surface area contributed by atoms with Gasteiger partial charge in [-0.25, -0.2) is 4.39 Å². The second-order valence-corrected chi connectivity index (χ2v) is 5.92. The number of piperazine rings is 1. The van der Waals surface area contributed by atoms with Crippen molar-refractivity contribution >= 4 is 24.8 Å². The van der Waals surface area contributed by atoms with Gasteiger partial charge in [-0.15, -0.1) is 24.8 Å². The van der Waals surface area contributed by atoms with E-state index in [4.69, 9.17) is 0 Å². The highest BCUT2D eigenvalue weighted by Gasteiger charge is 2.34. The second-order valence-electron chi connectivity index (χ2n) is 5.92. The Balaban J connectivity index is 0.00000110. The van der Waals surface area contributed by atoms with E-state index in [2.05, 4.69) is 10.2 Å². The number of aryl methyl sites for hydroxylation is 1. The van der Waals surface area contributed by atoms with E-state index in [-0.39, 0.29) is 30.6 Å². The fourth-order valence-electron chi connectivity index (χ4n) is 3.44. The summed E-state index contributed by atoms with van der Waals surface area (Å²) < 4.78 is 13.3. The lowest BCUT2D eigenvalue weighted by molar-refractivity contribution is 0.0832. The molecule has 1 aliphatic carbocycles. The molecular formula is C16H25Cl2FN2. The van der Waals surface area contributed by atoms with Crippen molar-refractivity contribution in [1.29, 1.82) is 0 Å². The summed E-state index contributed by atoms with van der Waals surface area (Å²) in [7, 11) is 0. The molecule has 1 N–H and O–H groups in total. The first-order chi connectivity index (χ1) is 9.25. The summed E-state index contributed by atoms with van der Waals surface area (Å²) in [5.41, 5.74) is 2.45. The molecular weight excluding hydrogens is 310 g/mol. The van der Waals surface area contributed by atoms with Crippen LogP contribution in [0.1, 0.15) is 36.4 Å². The van der Waals surface area contributed by atoms with Crippen LogP contribution in [0, 0.1) is 18.7 Å². The number of nitrogens with zero attached hydrogens (tertiary/aromatic N) is 1. The lowest BCUT2D eigenvalue weighted by atomic mass is 9.75. The van der Waals surface area contributed by atoms with Gasteiger partial charge in [0, 0.05) is 32.2 Å². The zero-order chi connectivity index (χ0) is 13.2. The van der Waals surface area contributed by atoms with Crippen LogP contribution in [0.25, 0.3) is 0 Å². The SMILES string of the molecule is Cc1cc(F)ccc1[C@@H](C1CCC1)N1CCNCC1.Cl.Cl. The van der Waals surface area contributed by atoms with Crippen molar-refractivity contribution < 1.29 is 4.39 Å². The smallest absolute Gasteiger partial charge is 0.123 e. The Morgan fingerprint density at radius 3 is 2.38 bits per heavy atom. The van der Waals surface area contributed by atoms with Crippen molar-refractivity contribution in [3.63, 3.8) is 0 Å². The molecule has 2 nitrogen and oxygen atoms in total. The molecule has 21 heavy (non-hydrogen) atoms. The van der Waals surface area contributed by atoms with Crippen molar-refractivity contribution in [2.75, 3.05) is 26.2 Å². The van der Waals surface area contributed by atoms with E-state index in [0.717, 1.165) is 37.7 Å². The third-order valence-electron chi connectivity index (χ3n) is 4.69. The van der Waals surface area contributed by atoms with Crippen LogP contribution in [0.4, 0.5) is 4.39 Å². The molecule has 5 heteroatoms. The van der Waals surface area contributed by atoms with E-state index in [1.165, 1.54) is 24.8 Å². The highest BCUT2D eigenvalue weighted by atomic mass is 35.5. The normalized spacial score (nSPS) is 20.9. The number of rotatable bonds is 3. The van der Waals surface area contributed by atoms with E-state index >= 15 is 0 Å². The van der Waals surface area contributed by atoms with Gasteiger partial charge in [0.15, 0.2) is 0 Å². The fraction of sp³-hybridized carbons (Fsp3) is 0.625. The van der Waals surface area contributed by atoms with Crippen LogP contribution in [-0.2, 0) is 0 Å². The molecule has 0 bridgehead atoms. The average Bonchev–Trinajstić information content (AvgIpc) is 2.35. The van der Waals surface area contributed by atoms with E-state index in [1.807, 2.05) is 13.0 Å². The summed E-state index contributed by atoms with van der Waals surface area (Å²) in [5, 5.41) is 3.42. The molecule has 0 radical (unpaired) electrons. The Morgan fingerprint density at radius 2 is 1.86 bits per heavy atom. The van der Waals surface area contributed by atoms with Crippen LogP contribution in [0.3, 0.4) is 0 Å². The monoisotopic (exact) mass is 334 g/mol. The van der Waals surface area contributed by atoms with Crippen molar-refractivity contribution in [2.45, 2.75) is 32.2 Å². The highest BCUT2D eigenvalue weighted by Crippen LogP contribution is 2.42. The Morgan fingerprint density at radius 1 is 1.19 bits per heavy atom. The molecule has 0 amide bonds. The molecule has 0 aromatic heterocycles. The van der Waals surface area contributed by atoms with Crippen LogP contribution in [0.2, 0.25) is 0 Å². The van der Waals surface area contributed by atoms with E-state index < -0.39 is 0 Å². The zero-order valence-corrected chi connectivity index (χ0v) is 14.1. The van der Waals surface area contributed by atoms with E-state index in [9.17, 15) is 4.39 Å². The van der Waals surface area contributed by atoms with Crippen LogP contribution in [0.5, 0.6) is 0 Å². The van der Waals surface area contributed by atoms with Crippen LogP contribution in [-0.4, -0.2) is 31.1 Å². The lowest BCUT2D eigenvalue weighted by Crippen LogP contribution is -2.48. The zero-order valence-electron chi connectivity index (χ0n) is 12.5. The third-order valence-corrected chi connectivity index (χ3v) is 4.69. The minimum atomic E-state index is -0.117. The summed E-state index contributed by atoms with van der Waals surface area (Å²) in [6, 6.07) is 5.81. The van der Waals surface area contributed by atoms with Crippen molar-refractivity contribution in [1.82, 2.24) is 10.2 Å². The maximum absolute atomic E-state index is 13.3. The number of hydrogen-bond acceptors (Lipinski definition) is 2. The molecule has 3 rings (SSSR count). The lowest BCUT2D eigenvalue weighted by Gasteiger charge is -2.43. The van der Waals surface area contributed by atoms with Crippen LogP contribution in [0.15, 0.2) is 18.2 Å². The van der Waals surface area contributed by atoms with E-state index in [0.29, 0.717) is 6.04 Å². The molecule has 1 saturated carbocycles. The first-order valence-electron chi connectivity index (χ1n) is 7.46. The molecule has 1 heterocycles. The molecule has 1 aromatic carbocycles. The maximum atomic E-state index is 13.3. The first-order valence-corrected chi connectivity index (χ1v) is 7.46. The molecule has 2 aliphatic rings. The number of benzene rings is 1. The predicted molar refractivity (Wildman–Crippen MR) is 90.2 cm³/mol.